The second-order valence-electron chi connectivity index (χ2n) is 3.04. The lowest BCUT2D eigenvalue weighted by molar-refractivity contribution is 0.0591. The van der Waals surface area contributed by atoms with Crippen LogP contribution in [-0.4, -0.2) is 28.5 Å². The van der Waals surface area contributed by atoms with Crippen LogP contribution < -0.4 is 4.74 Å². The molecule has 17 heavy (non-hydrogen) atoms. The number of halogens is 1. The Labute approximate surface area is 95.4 Å². The van der Waals surface area contributed by atoms with E-state index in [9.17, 15) is 9.18 Å². The van der Waals surface area contributed by atoms with Crippen LogP contribution in [-0.2, 0) is 4.74 Å². The molecule has 1 heterocycles. The van der Waals surface area contributed by atoms with Gasteiger partial charge < -0.3 is 9.47 Å². The average Bonchev–Trinajstić information content (AvgIpc) is 2.79. The van der Waals surface area contributed by atoms with E-state index in [-0.39, 0.29) is 17.4 Å². The second-order valence-corrected chi connectivity index (χ2v) is 3.04. The van der Waals surface area contributed by atoms with Gasteiger partial charge in [0.2, 0.25) is 5.69 Å². The number of carbonyl (C=O) groups excluding carboxylic acids is 1. The minimum absolute atomic E-state index is 0.0449. The summed E-state index contributed by atoms with van der Waals surface area (Å²) >= 11 is 0. The van der Waals surface area contributed by atoms with Crippen molar-refractivity contribution < 1.29 is 18.7 Å². The minimum Gasteiger partial charge on any atom is -0.464 e. The van der Waals surface area contributed by atoms with Crippen molar-refractivity contribution in [2.75, 3.05) is 7.11 Å². The number of ether oxygens (including phenoxy) is 2. The molecular weight excluding hydrogens is 229 g/mol. The molecule has 1 aromatic carbocycles. The predicted molar refractivity (Wildman–Crippen MR) is 54.2 cm³/mol. The van der Waals surface area contributed by atoms with Gasteiger partial charge in [0, 0.05) is 0 Å². The Bertz CT molecular complexity index is 524. The summed E-state index contributed by atoms with van der Waals surface area (Å²) in [6.07, 6.45) is 0. The van der Waals surface area contributed by atoms with Gasteiger partial charge in [-0.05, 0) is 24.3 Å². The first-order valence-electron chi connectivity index (χ1n) is 4.63. The quantitative estimate of drug-likeness (QED) is 0.819. The Morgan fingerprint density at radius 2 is 2.06 bits per heavy atom. The van der Waals surface area contributed by atoms with E-state index in [4.69, 9.17) is 4.74 Å². The third-order valence-electron chi connectivity index (χ3n) is 1.93. The van der Waals surface area contributed by atoms with Gasteiger partial charge in [0.1, 0.15) is 11.6 Å². The molecule has 6 nitrogen and oxygen atoms in total. The standard InChI is InChI=1S/C10H8FN3O3/c1-16-10(15)8-9(13-14-12-8)17-7-4-2-6(11)3-5-7/h2-5H,1H3,(H,12,13,14). The van der Waals surface area contributed by atoms with Crippen molar-refractivity contribution in [1.29, 1.82) is 0 Å². The van der Waals surface area contributed by atoms with Gasteiger partial charge in [0.15, 0.2) is 0 Å². The zero-order valence-electron chi connectivity index (χ0n) is 8.81. The zero-order chi connectivity index (χ0) is 12.3. The van der Waals surface area contributed by atoms with Gasteiger partial charge in [0.05, 0.1) is 7.11 Å². The SMILES string of the molecule is COC(=O)c1nn[nH]c1Oc1ccc(F)cc1. The fourth-order valence-electron chi connectivity index (χ4n) is 1.14. The van der Waals surface area contributed by atoms with Crippen LogP contribution in [0.25, 0.3) is 0 Å². The van der Waals surface area contributed by atoms with Crippen LogP contribution in [0.1, 0.15) is 10.5 Å². The van der Waals surface area contributed by atoms with E-state index in [1.54, 1.807) is 0 Å². The Kier molecular flexibility index (Phi) is 2.99. The Morgan fingerprint density at radius 3 is 2.71 bits per heavy atom. The fraction of sp³-hybridized carbons (Fsp3) is 0.100. The molecule has 2 rings (SSSR count). The molecular formula is C10H8FN3O3. The molecule has 0 saturated heterocycles. The van der Waals surface area contributed by atoms with Gasteiger partial charge in [-0.1, -0.05) is 5.21 Å². The van der Waals surface area contributed by atoms with Crippen LogP contribution in [0.3, 0.4) is 0 Å². The molecule has 0 bridgehead atoms. The monoisotopic (exact) mass is 237 g/mol. The average molecular weight is 237 g/mol. The number of hydrogen-bond acceptors (Lipinski definition) is 5. The predicted octanol–water partition coefficient (Wildman–Crippen LogP) is 1.52. The summed E-state index contributed by atoms with van der Waals surface area (Å²) < 4.78 is 22.4. The highest BCUT2D eigenvalue weighted by Gasteiger charge is 2.18. The van der Waals surface area contributed by atoms with Crippen LogP contribution in [0, 0.1) is 5.82 Å². The summed E-state index contributed by atoms with van der Waals surface area (Å²) in [4.78, 5) is 11.3. The van der Waals surface area contributed by atoms with Gasteiger partial charge in [-0.2, -0.15) is 0 Å². The van der Waals surface area contributed by atoms with E-state index in [1.165, 1.54) is 31.4 Å². The maximum atomic E-state index is 12.7. The van der Waals surface area contributed by atoms with E-state index >= 15 is 0 Å². The molecule has 0 amide bonds. The van der Waals surface area contributed by atoms with Gasteiger partial charge in [0.25, 0.3) is 5.88 Å². The van der Waals surface area contributed by atoms with Crippen molar-refractivity contribution in [3.05, 3.63) is 35.8 Å². The molecule has 0 atom stereocenters. The number of aromatic nitrogens is 3. The molecule has 0 saturated carbocycles. The Balaban J connectivity index is 2.21. The maximum Gasteiger partial charge on any atom is 0.364 e. The topological polar surface area (TPSA) is 77.1 Å². The van der Waals surface area contributed by atoms with Gasteiger partial charge in [-0.3, -0.25) is 0 Å². The van der Waals surface area contributed by atoms with Gasteiger partial charge in [-0.15, -0.1) is 5.10 Å². The molecule has 0 aliphatic carbocycles. The molecule has 2 aromatic rings. The van der Waals surface area contributed by atoms with Crippen LogP contribution in [0.2, 0.25) is 0 Å². The lowest BCUT2D eigenvalue weighted by atomic mass is 10.3. The molecule has 0 fully saturated rings. The molecule has 0 radical (unpaired) electrons. The van der Waals surface area contributed by atoms with Crippen molar-refractivity contribution in [3.8, 4) is 11.6 Å². The lowest BCUT2D eigenvalue weighted by Gasteiger charge is -2.03. The highest BCUT2D eigenvalue weighted by molar-refractivity contribution is 5.89. The molecule has 0 aliphatic heterocycles. The number of hydrogen-bond donors (Lipinski definition) is 1. The van der Waals surface area contributed by atoms with E-state index in [0.717, 1.165) is 0 Å². The summed E-state index contributed by atoms with van der Waals surface area (Å²) in [5.41, 5.74) is -0.0724. The molecule has 0 aliphatic rings. The highest BCUT2D eigenvalue weighted by atomic mass is 19.1. The van der Waals surface area contributed by atoms with Gasteiger partial charge in [-0.25, -0.2) is 14.3 Å². The molecule has 7 heteroatoms. The first kappa shape index (κ1) is 11.1. The van der Waals surface area contributed by atoms with E-state index in [2.05, 4.69) is 20.1 Å². The summed E-state index contributed by atoms with van der Waals surface area (Å²) in [6, 6.07) is 5.29. The summed E-state index contributed by atoms with van der Waals surface area (Å²) in [6.45, 7) is 0. The zero-order valence-corrected chi connectivity index (χ0v) is 8.81. The molecule has 1 N–H and O–H groups in total. The van der Waals surface area contributed by atoms with E-state index in [1.807, 2.05) is 0 Å². The molecule has 0 spiro atoms. The number of nitrogens with zero attached hydrogens (tertiary/aromatic N) is 2. The molecule has 0 unspecified atom stereocenters. The number of nitrogens with one attached hydrogen (secondary N) is 1. The smallest absolute Gasteiger partial charge is 0.364 e. The third-order valence-corrected chi connectivity index (χ3v) is 1.93. The third kappa shape index (κ3) is 2.39. The first-order chi connectivity index (χ1) is 8.20. The van der Waals surface area contributed by atoms with Crippen molar-refractivity contribution >= 4 is 5.97 Å². The largest absolute Gasteiger partial charge is 0.464 e. The number of aromatic amines is 1. The number of carbonyl (C=O) groups is 1. The number of esters is 1. The van der Waals surface area contributed by atoms with Crippen molar-refractivity contribution in [3.63, 3.8) is 0 Å². The number of methoxy groups -OCH3 is 1. The lowest BCUT2D eigenvalue weighted by Crippen LogP contribution is -2.03. The number of H-pyrrole nitrogens is 1. The van der Waals surface area contributed by atoms with E-state index in [0.29, 0.717) is 5.75 Å². The fourth-order valence-corrected chi connectivity index (χ4v) is 1.14. The molecule has 88 valence electrons. The highest BCUT2D eigenvalue weighted by Crippen LogP contribution is 2.21. The van der Waals surface area contributed by atoms with Gasteiger partial charge >= 0.3 is 5.97 Å². The number of benzene rings is 1. The Hall–Kier alpha value is -2.44. The van der Waals surface area contributed by atoms with Crippen molar-refractivity contribution in [2.45, 2.75) is 0 Å². The second kappa shape index (κ2) is 4.60. The van der Waals surface area contributed by atoms with Crippen LogP contribution in [0.15, 0.2) is 24.3 Å². The molecule has 1 aromatic heterocycles. The maximum absolute atomic E-state index is 12.7. The van der Waals surface area contributed by atoms with Crippen LogP contribution in [0.5, 0.6) is 11.6 Å². The number of rotatable bonds is 3. The summed E-state index contributed by atoms with van der Waals surface area (Å²) in [5.74, 6) is -0.657. The van der Waals surface area contributed by atoms with Crippen LogP contribution >= 0.6 is 0 Å². The normalized spacial score (nSPS) is 10.0. The van der Waals surface area contributed by atoms with Crippen molar-refractivity contribution in [2.24, 2.45) is 0 Å². The minimum atomic E-state index is -0.670. The van der Waals surface area contributed by atoms with E-state index < -0.39 is 5.97 Å². The first-order valence-corrected chi connectivity index (χ1v) is 4.63. The summed E-state index contributed by atoms with van der Waals surface area (Å²) in [7, 11) is 1.22. The summed E-state index contributed by atoms with van der Waals surface area (Å²) in [5, 5.41) is 9.36. The van der Waals surface area contributed by atoms with Crippen LogP contribution in [0.4, 0.5) is 4.39 Å². The Morgan fingerprint density at radius 1 is 1.35 bits per heavy atom. The van der Waals surface area contributed by atoms with Crippen molar-refractivity contribution in [1.82, 2.24) is 15.4 Å².